The van der Waals surface area contributed by atoms with Crippen molar-refractivity contribution in [2.75, 3.05) is 12.4 Å². The summed E-state index contributed by atoms with van der Waals surface area (Å²) in [6, 6.07) is 14.6. The van der Waals surface area contributed by atoms with Crippen LogP contribution in [0.2, 0.25) is 0 Å². The maximum absolute atomic E-state index is 13.4. The molecule has 0 unspecified atom stereocenters. The fourth-order valence-corrected chi connectivity index (χ4v) is 2.58. The van der Waals surface area contributed by atoms with E-state index < -0.39 is 0 Å². The first-order valence-electron chi connectivity index (χ1n) is 6.59. The first kappa shape index (κ1) is 14.9. The van der Waals surface area contributed by atoms with E-state index in [0.29, 0.717) is 18.0 Å². The monoisotopic (exact) mass is 291 g/mol. The lowest BCUT2D eigenvalue weighted by molar-refractivity contribution is 0.318. The van der Waals surface area contributed by atoms with Gasteiger partial charge in [0.25, 0.3) is 0 Å². The molecule has 2 aromatic rings. The van der Waals surface area contributed by atoms with Gasteiger partial charge in [0.05, 0.1) is 6.61 Å². The zero-order valence-electron chi connectivity index (χ0n) is 11.2. The van der Waals surface area contributed by atoms with Crippen molar-refractivity contribution < 1.29 is 9.13 Å². The van der Waals surface area contributed by atoms with Crippen LogP contribution in [-0.4, -0.2) is 12.4 Å². The van der Waals surface area contributed by atoms with Gasteiger partial charge in [-0.3, -0.25) is 0 Å². The molecule has 0 aromatic heterocycles. The molecule has 0 spiro atoms. The zero-order valence-corrected chi connectivity index (χ0v) is 12.0. The van der Waals surface area contributed by atoms with Crippen LogP contribution in [0.25, 0.3) is 0 Å². The molecule has 20 heavy (non-hydrogen) atoms. The summed E-state index contributed by atoms with van der Waals surface area (Å²) in [7, 11) is 0. The number of benzene rings is 2. The van der Waals surface area contributed by atoms with Crippen molar-refractivity contribution in [3.63, 3.8) is 0 Å². The van der Waals surface area contributed by atoms with Crippen LogP contribution in [0.3, 0.4) is 0 Å². The van der Waals surface area contributed by atoms with Crippen LogP contribution in [0.5, 0.6) is 5.75 Å². The van der Waals surface area contributed by atoms with E-state index in [2.05, 4.69) is 0 Å². The first-order chi connectivity index (χ1) is 9.79. The molecule has 0 heterocycles. The van der Waals surface area contributed by atoms with Gasteiger partial charge in [0.15, 0.2) is 0 Å². The Morgan fingerprint density at radius 1 is 1.05 bits per heavy atom. The van der Waals surface area contributed by atoms with Gasteiger partial charge in [-0.2, -0.15) is 0 Å². The molecule has 4 heteroatoms. The molecule has 0 amide bonds. The molecular weight excluding hydrogens is 273 g/mol. The van der Waals surface area contributed by atoms with E-state index in [1.807, 2.05) is 30.3 Å². The highest BCUT2D eigenvalue weighted by Crippen LogP contribution is 2.22. The van der Waals surface area contributed by atoms with Gasteiger partial charge in [-0.15, -0.1) is 11.8 Å². The molecule has 0 aliphatic carbocycles. The summed E-state index contributed by atoms with van der Waals surface area (Å²) in [5, 5.41) is 0. The van der Waals surface area contributed by atoms with Crippen molar-refractivity contribution in [1.82, 2.24) is 0 Å². The smallest absolute Gasteiger partial charge is 0.136 e. The molecule has 2 N–H and O–H groups in total. The average Bonchev–Trinajstić information content (AvgIpc) is 2.49. The second-order valence-corrected chi connectivity index (χ2v) is 5.47. The summed E-state index contributed by atoms with van der Waals surface area (Å²) in [6.45, 7) is 1.17. The third kappa shape index (κ3) is 4.54. The largest absolute Gasteiger partial charge is 0.494 e. The van der Waals surface area contributed by atoms with E-state index in [4.69, 9.17) is 10.5 Å². The number of halogens is 1. The molecule has 0 bridgehead atoms. The lowest BCUT2D eigenvalue weighted by Crippen LogP contribution is -2.00. The third-order valence-corrected chi connectivity index (χ3v) is 3.95. The van der Waals surface area contributed by atoms with Crippen molar-refractivity contribution >= 4 is 11.8 Å². The van der Waals surface area contributed by atoms with Crippen molar-refractivity contribution in [2.45, 2.75) is 17.9 Å². The average molecular weight is 291 g/mol. The van der Waals surface area contributed by atoms with Gasteiger partial charge in [0.1, 0.15) is 11.6 Å². The molecule has 0 radical (unpaired) electrons. The van der Waals surface area contributed by atoms with Crippen LogP contribution in [0.15, 0.2) is 53.4 Å². The molecule has 2 nitrogen and oxygen atoms in total. The highest BCUT2D eigenvalue weighted by Gasteiger charge is 2.01. The summed E-state index contributed by atoms with van der Waals surface area (Å²) < 4.78 is 19.0. The minimum absolute atomic E-state index is 0.157. The van der Waals surface area contributed by atoms with E-state index in [1.165, 1.54) is 17.8 Å². The van der Waals surface area contributed by atoms with Crippen LogP contribution in [-0.2, 0) is 6.54 Å². The Labute approximate surface area is 123 Å². The van der Waals surface area contributed by atoms with Gasteiger partial charge in [-0.05, 0) is 36.2 Å². The maximum atomic E-state index is 13.4. The number of nitrogens with two attached hydrogens (primary N) is 1. The number of hydrogen-bond donors (Lipinski definition) is 1. The predicted molar refractivity (Wildman–Crippen MR) is 81.6 cm³/mol. The van der Waals surface area contributed by atoms with Gasteiger partial charge < -0.3 is 10.5 Å². The Kier molecular flexibility index (Phi) is 5.89. The Morgan fingerprint density at radius 3 is 2.50 bits per heavy atom. The quantitative estimate of drug-likeness (QED) is 0.622. The summed E-state index contributed by atoms with van der Waals surface area (Å²) >= 11 is 1.52. The number of ether oxygens (including phenoxy) is 1. The summed E-state index contributed by atoms with van der Waals surface area (Å²) in [6.07, 6.45) is 0.873. The fourth-order valence-electron chi connectivity index (χ4n) is 1.71. The van der Waals surface area contributed by atoms with E-state index in [1.54, 1.807) is 12.1 Å². The van der Waals surface area contributed by atoms with Gasteiger partial charge in [0.2, 0.25) is 0 Å². The summed E-state index contributed by atoms with van der Waals surface area (Å²) in [5.41, 5.74) is 6.62. The van der Waals surface area contributed by atoms with Crippen LogP contribution < -0.4 is 10.5 Å². The highest BCUT2D eigenvalue weighted by atomic mass is 32.2. The first-order valence-corrected chi connectivity index (χ1v) is 7.57. The SMILES string of the molecule is NCc1ccc(OCCCSc2ccccc2F)cc1. The molecule has 0 saturated carbocycles. The molecule has 0 fully saturated rings. The molecule has 2 aromatic carbocycles. The minimum Gasteiger partial charge on any atom is -0.494 e. The third-order valence-electron chi connectivity index (χ3n) is 2.81. The van der Waals surface area contributed by atoms with Gasteiger partial charge >= 0.3 is 0 Å². The van der Waals surface area contributed by atoms with Gasteiger partial charge in [-0.1, -0.05) is 24.3 Å². The zero-order chi connectivity index (χ0) is 14.2. The van der Waals surface area contributed by atoms with Gasteiger partial charge in [-0.25, -0.2) is 4.39 Å². The Hall–Kier alpha value is -1.52. The summed E-state index contributed by atoms with van der Waals surface area (Å²) in [4.78, 5) is 0.694. The standard InChI is InChI=1S/C16H18FNOS/c17-15-4-1-2-5-16(15)20-11-3-10-19-14-8-6-13(12-18)7-9-14/h1-2,4-9H,3,10-12,18H2. The number of hydrogen-bond acceptors (Lipinski definition) is 3. The minimum atomic E-state index is -0.157. The second kappa shape index (κ2) is 7.92. The Morgan fingerprint density at radius 2 is 1.80 bits per heavy atom. The van der Waals surface area contributed by atoms with Crippen molar-refractivity contribution in [3.8, 4) is 5.75 Å². The Balaban J connectivity index is 1.67. The molecule has 2 rings (SSSR count). The van der Waals surface area contributed by atoms with E-state index >= 15 is 0 Å². The van der Waals surface area contributed by atoms with E-state index in [0.717, 1.165) is 23.5 Å². The molecule has 0 aliphatic rings. The highest BCUT2D eigenvalue weighted by molar-refractivity contribution is 7.99. The van der Waals surface area contributed by atoms with Gasteiger partial charge in [0, 0.05) is 17.2 Å². The number of rotatable bonds is 7. The summed E-state index contributed by atoms with van der Waals surface area (Å²) in [5.74, 6) is 1.52. The van der Waals surface area contributed by atoms with Crippen LogP contribution in [0.4, 0.5) is 4.39 Å². The van der Waals surface area contributed by atoms with Crippen LogP contribution in [0, 0.1) is 5.82 Å². The maximum Gasteiger partial charge on any atom is 0.136 e. The lowest BCUT2D eigenvalue weighted by atomic mass is 10.2. The fraction of sp³-hybridized carbons (Fsp3) is 0.250. The molecule has 106 valence electrons. The second-order valence-electron chi connectivity index (χ2n) is 4.33. The lowest BCUT2D eigenvalue weighted by Gasteiger charge is -2.07. The predicted octanol–water partition coefficient (Wildman–Crippen LogP) is 3.85. The molecule has 0 atom stereocenters. The van der Waals surface area contributed by atoms with Crippen LogP contribution >= 0.6 is 11.8 Å². The topological polar surface area (TPSA) is 35.2 Å². The van der Waals surface area contributed by atoms with Crippen molar-refractivity contribution in [2.24, 2.45) is 5.73 Å². The molecule has 0 aliphatic heterocycles. The normalized spacial score (nSPS) is 10.5. The van der Waals surface area contributed by atoms with E-state index in [-0.39, 0.29) is 5.82 Å². The Bertz CT molecular complexity index is 530. The number of thioether (sulfide) groups is 1. The van der Waals surface area contributed by atoms with Crippen molar-refractivity contribution in [1.29, 1.82) is 0 Å². The van der Waals surface area contributed by atoms with Crippen molar-refractivity contribution in [3.05, 3.63) is 59.9 Å². The molecular formula is C16H18FNOS. The van der Waals surface area contributed by atoms with Crippen LogP contribution in [0.1, 0.15) is 12.0 Å². The molecule has 0 saturated heterocycles. The van der Waals surface area contributed by atoms with E-state index in [9.17, 15) is 4.39 Å².